The highest BCUT2D eigenvalue weighted by molar-refractivity contribution is 7.86. The molecule has 1 N–H and O–H groups in total. The molecule has 6 heteroatoms. The topological polar surface area (TPSA) is 80.7 Å². The van der Waals surface area contributed by atoms with Crippen LogP contribution in [0.25, 0.3) is 0 Å². The van der Waals surface area contributed by atoms with Gasteiger partial charge < -0.3 is 4.74 Å². The van der Waals surface area contributed by atoms with E-state index in [4.69, 9.17) is 4.74 Å². The van der Waals surface area contributed by atoms with E-state index in [2.05, 4.69) is 27.7 Å². The molecule has 0 aliphatic rings. The number of rotatable bonds is 17. The first kappa shape index (κ1) is 26.4. The van der Waals surface area contributed by atoms with Gasteiger partial charge in [-0.25, -0.2) is 0 Å². The fourth-order valence-corrected chi connectivity index (χ4v) is 4.20. The van der Waals surface area contributed by atoms with Crippen molar-refractivity contribution in [2.45, 2.75) is 110 Å². The maximum atomic E-state index is 12.1. The molecule has 162 valence electrons. The highest BCUT2D eigenvalue weighted by atomic mass is 32.2. The Morgan fingerprint density at radius 2 is 1.37 bits per heavy atom. The van der Waals surface area contributed by atoms with Gasteiger partial charge in [0.25, 0.3) is 10.1 Å². The van der Waals surface area contributed by atoms with Gasteiger partial charge in [-0.1, -0.05) is 85.5 Å². The van der Waals surface area contributed by atoms with Gasteiger partial charge in [0, 0.05) is 0 Å². The molecule has 0 heterocycles. The summed E-state index contributed by atoms with van der Waals surface area (Å²) in [6, 6.07) is 0. The summed E-state index contributed by atoms with van der Waals surface area (Å²) >= 11 is 0. The first-order chi connectivity index (χ1) is 12.8. The Hall–Kier alpha value is -0.620. The largest absolute Gasteiger partial charge is 0.465 e. The van der Waals surface area contributed by atoms with Crippen LogP contribution in [-0.4, -0.2) is 30.8 Å². The third-order valence-corrected chi connectivity index (χ3v) is 6.77. The molecule has 0 bridgehead atoms. The first-order valence-electron chi connectivity index (χ1n) is 10.9. The standard InChI is InChI=1S/C21H42O5S/c1-5-9-12-18(7-3)14-11-15-20(27(23,24)25)16-21(22)26-17-19(8-4)13-10-6-2/h18-20H,5-17H2,1-4H3,(H,23,24,25). The third-order valence-electron chi connectivity index (χ3n) is 5.52. The van der Waals surface area contributed by atoms with Crippen LogP contribution in [0.15, 0.2) is 0 Å². The Kier molecular flexibility index (Phi) is 15.0. The summed E-state index contributed by atoms with van der Waals surface area (Å²) in [5.74, 6) is 0.385. The van der Waals surface area contributed by atoms with Crippen molar-refractivity contribution in [1.29, 1.82) is 0 Å². The molecule has 3 atom stereocenters. The molecular weight excluding hydrogens is 364 g/mol. The Labute approximate surface area is 167 Å². The third kappa shape index (κ3) is 13.2. The number of esters is 1. The SMILES string of the molecule is CCCCC(CC)CCCC(CC(=O)OCC(CC)CCCC)S(=O)(=O)O. The van der Waals surface area contributed by atoms with E-state index in [-0.39, 0.29) is 6.42 Å². The average molecular weight is 407 g/mol. The van der Waals surface area contributed by atoms with Gasteiger partial charge in [0.05, 0.1) is 18.3 Å². The molecule has 0 saturated carbocycles. The van der Waals surface area contributed by atoms with Crippen LogP contribution in [0.5, 0.6) is 0 Å². The lowest BCUT2D eigenvalue weighted by atomic mass is 9.93. The number of ether oxygens (including phenoxy) is 1. The first-order valence-corrected chi connectivity index (χ1v) is 12.4. The summed E-state index contributed by atoms with van der Waals surface area (Å²) in [6.45, 7) is 8.85. The molecule has 5 nitrogen and oxygen atoms in total. The van der Waals surface area contributed by atoms with Crippen LogP contribution >= 0.6 is 0 Å². The van der Waals surface area contributed by atoms with Gasteiger partial charge in [-0.2, -0.15) is 8.42 Å². The molecule has 0 fully saturated rings. The number of unbranched alkanes of at least 4 members (excludes halogenated alkanes) is 2. The van der Waals surface area contributed by atoms with E-state index < -0.39 is 21.3 Å². The van der Waals surface area contributed by atoms with Gasteiger partial charge in [0.1, 0.15) is 0 Å². The lowest BCUT2D eigenvalue weighted by Gasteiger charge is -2.18. The quantitative estimate of drug-likeness (QED) is 0.245. The van der Waals surface area contributed by atoms with Gasteiger partial charge in [-0.05, 0) is 24.7 Å². The summed E-state index contributed by atoms with van der Waals surface area (Å²) in [6.07, 6.45) is 10.4. The lowest BCUT2D eigenvalue weighted by Crippen LogP contribution is -2.26. The van der Waals surface area contributed by atoms with Crippen LogP contribution in [0.2, 0.25) is 0 Å². The van der Waals surface area contributed by atoms with Crippen LogP contribution < -0.4 is 0 Å². The van der Waals surface area contributed by atoms with Gasteiger partial charge >= 0.3 is 5.97 Å². The minimum absolute atomic E-state index is 0.255. The van der Waals surface area contributed by atoms with Gasteiger partial charge in [0.15, 0.2) is 0 Å². The van der Waals surface area contributed by atoms with Crippen molar-refractivity contribution in [2.24, 2.45) is 11.8 Å². The molecule has 0 aromatic heterocycles. The Morgan fingerprint density at radius 1 is 0.852 bits per heavy atom. The number of hydrogen-bond acceptors (Lipinski definition) is 4. The van der Waals surface area contributed by atoms with E-state index >= 15 is 0 Å². The van der Waals surface area contributed by atoms with Gasteiger partial charge in [-0.15, -0.1) is 0 Å². The molecule has 0 aromatic rings. The van der Waals surface area contributed by atoms with Crippen LogP contribution in [0, 0.1) is 11.8 Å². The molecule has 0 radical (unpaired) electrons. The molecule has 0 aliphatic heterocycles. The van der Waals surface area contributed by atoms with E-state index in [1.54, 1.807) is 0 Å². The smallest absolute Gasteiger partial charge is 0.307 e. The van der Waals surface area contributed by atoms with E-state index in [0.717, 1.165) is 51.4 Å². The normalized spacial score (nSPS) is 15.3. The van der Waals surface area contributed by atoms with Gasteiger partial charge in [0.2, 0.25) is 0 Å². The van der Waals surface area contributed by atoms with Crippen molar-refractivity contribution in [3.8, 4) is 0 Å². The summed E-state index contributed by atoms with van der Waals surface area (Å²) in [7, 11) is -4.24. The van der Waals surface area contributed by atoms with Crippen molar-refractivity contribution < 1.29 is 22.5 Å². The molecule has 0 saturated heterocycles. The predicted octanol–water partition coefficient (Wildman–Crippen LogP) is 5.78. The Morgan fingerprint density at radius 3 is 1.85 bits per heavy atom. The van der Waals surface area contributed by atoms with Crippen molar-refractivity contribution >= 4 is 16.1 Å². The summed E-state index contributed by atoms with van der Waals surface area (Å²) < 4.78 is 38.1. The zero-order valence-electron chi connectivity index (χ0n) is 17.9. The minimum Gasteiger partial charge on any atom is -0.465 e. The molecule has 27 heavy (non-hydrogen) atoms. The van der Waals surface area contributed by atoms with Crippen molar-refractivity contribution in [3.05, 3.63) is 0 Å². The predicted molar refractivity (Wildman–Crippen MR) is 111 cm³/mol. The zero-order chi connectivity index (χ0) is 20.7. The molecule has 0 rings (SSSR count). The monoisotopic (exact) mass is 406 g/mol. The minimum atomic E-state index is -4.24. The summed E-state index contributed by atoms with van der Waals surface area (Å²) in [4.78, 5) is 12.1. The molecule has 3 unspecified atom stereocenters. The van der Waals surface area contributed by atoms with Crippen molar-refractivity contribution in [2.75, 3.05) is 6.61 Å². The second-order valence-electron chi connectivity index (χ2n) is 7.79. The molecule has 0 amide bonds. The number of carbonyl (C=O) groups excluding carboxylic acids is 1. The highest BCUT2D eigenvalue weighted by Gasteiger charge is 2.27. The molecule has 0 aliphatic carbocycles. The van der Waals surface area contributed by atoms with Crippen LogP contribution in [0.3, 0.4) is 0 Å². The van der Waals surface area contributed by atoms with Crippen LogP contribution in [0.1, 0.15) is 105 Å². The second kappa shape index (κ2) is 15.3. The number of hydrogen-bond donors (Lipinski definition) is 1. The Balaban J connectivity index is 4.46. The zero-order valence-corrected chi connectivity index (χ0v) is 18.7. The number of carbonyl (C=O) groups is 1. The maximum Gasteiger partial charge on any atom is 0.307 e. The second-order valence-corrected chi connectivity index (χ2v) is 9.48. The summed E-state index contributed by atoms with van der Waals surface area (Å²) in [5, 5.41) is -1.05. The Bertz CT molecular complexity index is 475. The fourth-order valence-electron chi connectivity index (χ4n) is 3.39. The van der Waals surface area contributed by atoms with Crippen molar-refractivity contribution in [1.82, 2.24) is 0 Å². The van der Waals surface area contributed by atoms with Gasteiger partial charge in [-0.3, -0.25) is 9.35 Å². The summed E-state index contributed by atoms with van der Waals surface area (Å²) in [5.41, 5.74) is 0. The molecule has 0 aromatic carbocycles. The fraction of sp³-hybridized carbons (Fsp3) is 0.952. The van der Waals surface area contributed by atoms with E-state index in [9.17, 15) is 17.8 Å². The maximum absolute atomic E-state index is 12.1. The van der Waals surface area contributed by atoms with E-state index in [1.807, 2.05) is 0 Å². The van der Waals surface area contributed by atoms with E-state index in [0.29, 0.717) is 31.3 Å². The van der Waals surface area contributed by atoms with Crippen LogP contribution in [0.4, 0.5) is 0 Å². The van der Waals surface area contributed by atoms with E-state index in [1.165, 1.54) is 6.42 Å². The van der Waals surface area contributed by atoms with Crippen LogP contribution in [-0.2, 0) is 19.6 Å². The lowest BCUT2D eigenvalue weighted by molar-refractivity contribution is -0.145. The average Bonchev–Trinajstić information content (AvgIpc) is 2.62. The molecular formula is C21H42O5S. The highest BCUT2D eigenvalue weighted by Crippen LogP contribution is 2.22. The molecule has 0 spiro atoms. The van der Waals surface area contributed by atoms with Crippen molar-refractivity contribution in [3.63, 3.8) is 0 Å².